The van der Waals surface area contributed by atoms with Crippen molar-refractivity contribution in [3.8, 4) is 0 Å². The molecule has 0 saturated carbocycles. The molecule has 2 nitrogen and oxygen atoms in total. The molecule has 0 amide bonds. The lowest BCUT2D eigenvalue weighted by atomic mass is 10.1. The molecule has 0 aliphatic carbocycles. The Hall–Kier alpha value is -0.230. The van der Waals surface area contributed by atoms with E-state index in [1.54, 1.807) is 0 Å². The Morgan fingerprint density at radius 1 is 1.32 bits per heavy atom. The molecule has 1 unspecified atom stereocenters. The van der Waals surface area contributed by atoms with Gasteiger partial charge in [0.25, 0.3) is 0 Å². The zero-order chi connectivity index (χ0) is 13.8. The van der Waals surface area contributed by atoms with Crippen LogP contribution in [0, 0.1) is 13.8 Å². The minimum absolute atomic E-state index is 0.386. The second kappa shape index (κ2) is 6.97. The lowest BCUT2D eigenvalue weighted by molar-refractivity contribution is 0.537. The third-order valence-electron chi connectivity index (χ3n) is 2.93. The second-order valence-corrected chi connectivity index (χ2v) is 8.38. The molecule has 19 heavy (non-hydrogen) atoms. The molecule has 0 saturated heterocycles. The monoisotopic (exact) mass is 358 g/mol. The summed E-state index contributed by atoms with van der Waals surface area (Å²) in [7, 11) is 0. The molecule has 0 fully saturated rings. The highest BCUT2D eigenvalue weighted by Crippen LogP contribution is 2.31. The quantitative estimate of drug-likeness (QED) is 0.796. The fourth-order valence-corrected chi connectivity index (χ4v) is 4.64. The standard InChI is InChI=1S/C14H19BrN2S2/c1-4-7-16-12(8-11-5-6-13(15)19-11)14-9(2)17-10(3)18-14/h5-6,12,16H,4,7-8H2,1-3H3. The first-order valence-corrected chi connectivity index (χ1v) is 8.94. The molecule has 1 N–H and O–H groups in total. The number of nitrogens with one attached hydrogen (secondary N) is 1. The normalized spacial score (nSPS) is 12.8. The van der Waals surface area contributed by atoms with Crippen LogP contribution in [0.3, 0.4) is 0 Å². The average molecular weight is 359 g/mol. The number of hydrogen-bond acceptors (Lipinski definition) is 4. The van der Waals surface area contributed by atoms with Crippen molar-refractivity contribution in [1.29, 1.82) is 0 Å². The third-order valence-corrected chi connectivity index (χ3v) is 5.76. The van der Waals surface area contributed by atoms with Crippen LogP contribution in [-0.4, -0.2) is 11.5 Å². The van der Waals surface area contributed by atoms with E-state index >= 15 is 0 Å². The summed E-state index contributed by atoms with van der Waals surface area (Å²) in [5.41, 5.74) is 1.17. The van der Waals surface area contributed by atoms with Crippen molar-refractivity contribution in [2.24, 2.45) is 0 Å². The first-order valence-electron chi connectivity index (χ1n) is 6.51. The third kappa shape index (κ3) is 4.12. The van der Waals surface area contributed by atoms with E-state index in [0.29, 0.717) is 6.04 Å². The van der Waals surface area contributed by atoms with Gasteiger partial charge in [-0.2, -0.15) is 0 Å². The van der Waals surface area contributed by atoms with Crippen LogP contribution in [0.15, 0.2) is 15.9 Å². The van der Waals surface area contributed by atoms with Gasteiger partial charge in [-0.1, -0.05) is 6.92 Å². The minimum atomic E-state index is 0.386. The van der Waals surface area contributed by atoms with Gasteiger partial charge < -0.3 is 5.32 Å². The van der Waals surface area contributed by atoms with Gasteiger partial charge in [-0.3, -0.25) is 0 Å². The Morgan fingerprint density at radius 3 is 2.63 bits per heavy atom. The maximum atomic E-state index is 4.56. The van der Waals surface area contributed by atoms with Gasteiger partial charge in [-0.15, -0.1) is 22.7 Å². The smallest absolute Gasteiger partial charge is 0.0900 e. The largest absolute Gasteiger partial charge is 0.309 e. The molecule has 2 rings (SSSR count). The topological polar surface area (TPSA) is 24.9 Å². The second-order valence-electron chi connectivity index (χ2n) is 4.60. The molecule has 2 aromatic heterocycles. The number of thiazole rings is 1. The van der Waals surface area contributed by atoms with Crippen LogP contribution in [0.5, 0.6) is 0 Å². The molecule has 2 heterocycles. The molecule has 1 atom stereocenters. The summed E-state index contributed by atoms with van der Waals surface area (Å²) in [6, 6.07) is 4.72. The summed E-state index contributed by atoms with van der Waals surface area (Å²) in [5.74, 6) is 0. The predicted octanol–water partition coefficient (Wildman–Crippen LogP) is 4.87. The van der Waals surface area contributed by atoms with Crippen LogP contribution < -0.4 is 5.32 Å². The summed E-state index contributed by atoms with van der Waals surface area (Å²) in [5, 5.41) is 4.82. The van der Waals surface area contributed by atoms with Crippen LogP contribution in [0.4, 0.5) is 0 Å². The molecular weight excluding hydrogens is 340 g/mol. The molecule has 0 radical (unpaired) electrons. The molecular formula is C14H19BrN2S2. The Labute approximate surface area is 131 Å². The molecule has 0 aliphatic heterocycles. The van der Waals surface area contributed by atoms with Crippen molar-refractivity contribution in [2.45, 2.75) is 39.7 Å². The van der Waals surface area contributed by atoms with Gasteiger partial charge in [-0.25, -0.2) is 4.98 Å². The van der Waals surface area contributed by atoms with Crippen molar-refractivity contribution in [3.63, 3.8) is 0 Å². The zero-order valence-electron chi connectivity index (χ0n) is 11.5. The van der Waals surface area contributed by atoms with Gasteiger partial charge in [0.2, 0.25) is 0 Å². The van der Waals surface area contributed by atoms with E-state index in [4.69, 9.17) is 0 Å². The number of rotatable bonds is 6. The number of hydrogen-bond donors (Lipinski definition) is 1. The number of aromatic nitrogens is 1. The highest BCUT2D eigenvalue weighted by atomic mass is 79.9. The molecule has 0 aliphatic rings. The van der Waals surface area contributed by atoms with Gasteiger partial charge in [0.1, 0.15) is 0 Å². The zero-order valence-corrected chi connectivity index (χ0v) is 14.7. The SMILES string of the molecule is CCCNC(Cc1ccc(Br)s1)c1sc(C)nc1C. The van der Waals surface area contributed by atoms with Crippen LogP contribution in [0.1, 0.15) is 39.8 Å². The Morgan fingerprint density at radius 2 is 2.11 bits per heavy atom. The Balaban J connectivity index is 2.18. The van der Waals surface area contributed by atoms with Gasteiger partial charge in [-0.05, 0) is 54.9 Å². The van der Waals surface area contributed by atoms with Gasteiger partial charge in [0, 0.05) is 22.2 Å². The number of thiophene rings is 1. The fourth-order valence-electron chi connectivity index (χ4n) is 2.11. The lowest BCUT2D eigenvalue weighted by Gasteiger charge is -2.17. The maximum Gasteiger partial charge on any atom is 0.0900 e. The first-order chi connectivity index (χ1) is 9.10. The lowest BCUT2D eigenvalue weighted by Crippen LogP contribution is -2.23. The van der Waals surface area contributed by atoms with Crippen LogP contribution in [0.2, 0.25) is 0 Å². The molecule has 0 aromatic carbocycles. The molecule has 104 valence electrons. The summed E-state index contributed by atoms with van der Waals surface area (Å²) in [4.78, 5) is 7.35. The number of halogens is 1. The van der Waals surface area contributed by atoms with Gasteiger partial charge >= 0.3 is 0 Å². The Kier molecular flexibility index (Phi) is 5.57. The minimum Gasteiger partial charge on any atom is -0.309 e. The van der Waals surface area contributed by atoms with E-state index in [1.165, 1.54) is 19.2 Å². The van der Waals surface area contributed by atoms with E-state index in [9.17, 15) is 0 Å². The first kappa shape index (κ1) is 15.2. The predicted molar refractivity (Wildman–Crippen MR) is 88.3 cm³/mol. The molecule has 5 heteroatoms. The molecule has 0 spiro atoms. The van der Waals surface area contributed by atoms with E-state index in [-0.39, 0.29) is 0 Å². The van der Waals surface area contributed by atoms with Crippen LogP contribution >= 0.6 is 38.6 Å². The van der Waals surface area contributed by atoms with Crippen LogP contribution in [-0.2, 0) is 6.42 Å². The summed E-state index contributed by atoms with van der Waals surface area (Å²) >= 11 is 7.17. The fraction of sp³-hybridized carbons (Fsp3) is 0.500. The average Bonchev–Trinajstić information content (AvgIpc) is 2.91. The van der Waals surface area contributed by atoms with Crippen LogP contribution in [0.25, 0.3) is 0 Å². The van der Waals surface area contributed by atoms with Gasteiger partial charge in [0.05, 0.1) is 14.5 Å². The molecule has 2 aromatic rings. The number of nitrogens with zero attached hydrogens (tertiary/aromatic N) is 1. The van der Waals surface area contributed by atoms with E-state index < -0.39 is 0 Å². The summed E-state index contributed by atoms with van der Waals surface area (Å²) in [6.45, 7) is 7.45. The van der Waals surface area contributed by atoms with Crippen molar-refractivity contribution in [2.75, 3.05) is 6.54 Å². The van der Waals surface area contributed by atoms with E-state index in [1.807, 2.05) is 22.7 Å². The molecule has 0 bridgehead atoms. The summed E-state index contributed by atoms with van der Waals surface area (Å²) in [6.07, 6.45) is 2.19. The van der Waals surface area contributed by atoms with Crippen molar-refractivity contribution < 1.29 is 0 Å². The van der Waals surface area contributed by atoms with Gasteiger partial charge in [0.15, 0.2) is 0 Å². The van der Waals surface area contributed by atoms with Crippen molar-refractivity contribution >= 4 is 38.6 Å². The number of aryl methyl sites for hydroxylation is 2. The van der Waals surface area contributed by atoms with E-state index in [2.05, 4.69) is 59.1 Å². The van der Waals surface area contributed by atoms with E-state index in [0.717, 1.165) is 24.4 Å². The van der Waals surface area contributed by atoms with Crippen molar-refractivity contribution in [1.82, 2.24) is 10.3 Å². The van der Waals surface area contributed by atoms with Crippen molar-refractivity contribution in [3.05, 3.63) is 36.4 Å². The Bertz CT molecular complexity index is 533. The highest BCUT2D eigenvalue weighted by Gasteiger charge is 2.18. The summed E-state index contributed by atoms with van der Waals surface area (Å²) < 4.78 is 1.20. The maximum absolute atomic E-state index is 4.56. The highest BCUT2D eigenvalue weighted by molar-refractivity contribution is 9.11.